The Bertz CT molecular complexity index is 1160. The van der Waals surface area contributed by atoms with Crippen molar-refractivity contribution >= 4 is 11.9 Å². The number of hydrogen-bond acceptors (Lipinski definition) is 5. The van der Waals surface area contributed by atoms with Crippen LogP contribution >= 0.6 is 0 Å². The van der Waals surface area contributed by atoms with Crippen LogP contribution in [-0.2, 0) is 14.3 Å². The van der Waals surface area contributed by atoms with Gasteiger partial charge in [-0.15, -0.1) is 0 Å². The quantitative estimate of drug-likeness (QED) is 0.0244. The zero-order valence-corrected chi connectivity index (χ0v) is 43.7. The SMILES string of the molecule is CCCC/C=C\C/C=C\CCCCCCCC(=O)OCCCCC/C=C\C=C/CCCCCCCCC(=O)NC(CO)C(O)/C=C/CCCCCCCCCCCCCCCCCCCC. The predicted molar refractivity (Wildman–Crippen MR) is 287 cm³/mol. The number of esters is 1. The maximum absolute atomic E-state index is 12.5. The van der Waals surface area contributed by atoms with Crippen LogP contribution in [0.1, 0.15) is 284 Å². The number of aliphatic hydroxyl groups is 2. The molecular weight excluding hydrogens is 815 g/mol. The molecule has 0 aromatic carbocycles. The molecule has 6 nitrogen and oxygen atoms in total. The molecule has 0 aliphatic rings. The summed E-state index contributed by atoms with van der Waals surface area (Å²) in [6, 6.07) is -0.647. The van der Waals surface area contributed by atoms with Gasteiger partial charge in [-0.3, -0.25) is 9.59 Å². The van der Waals surface area contributed by atoms with Gasteiger partial charge in [0, 0.05) is 12.8 Å². The van der Waals surface area contributed by atoms with E-state index in [-0.39, 0.29) is 18.5 Å². The van der Waals surface area contributed by atoms with E-state index in [9.17, 15) is 19.8 Å². The first-order chi connectivity index (χ1) is 32.5. The molecular formula is C60H109NO5. The van der Waals surface area contributed by atoms with Gasteiger partial charge in [0.05, 0.1) is 25.4 Å². The first-order valence-corrected chi connectivity index (χ1v) is 28.6. The fourth-order valence-electron chi connectivity index (χ4n) is 8.35. The Kier molecular flexibility index (Phi) is 53.1. The standard InChI is InChI=1S/C60H109NO5/c1-3-5-7-9-11-13-15-17-19-20-21-22-23-25-28-32-36-40-44-48-52-58(63)57(56-62)61-59(64)53-49-45-41-37-33-29-26-24-27-31-35-39-43-47-51-55-66-60(65)54-50-46-42-38-34-30-18-16-14-12-10-8-6-4-2/h10,12,16,18,24,27,31,35,48,52,57-58,62-63H,3-9,11,13-15,17,19-23,25-26,28-30,32-34,36-47,49-51,53-56H2,1-2H3,(H,61,64)/b12-10-,18-16-,27-24-,35-31-,52-48+. The van der Waals surface area contributed by atoms with Gasteiger partial charge >= 0.3 is 5.97 Å². The van der Waals surface area contributed by atoms with E-state index in [4.69, 9.17) is 4.74 Å². The summed E-state index contributed by atoms with van der Waals surface area (Å²) in [5, 5.41) is 23.1. The molecule has 0 bridgehead atoms. The van der Waals surface area contributed by atoms with Gasteiger partial charge in [0.15, 0.2) is 0 Å². The Morgan fingerprint density at radius 3 is 1.29 bits per heavy atom. The normalized spacial score (nSPS) is 13.1. The summed E-state index contributed by atoms with van der Waals surface area (Å²) in [5.74, 6) is -0.129. The Morgan fingerprint density at radius 1 is 0.439 bits per heavy atom. The van der Waals surface area contributed by atoms with Crippen LogP contribution < -0.4 is 5.32 Å². The predicted octanol–water partition coefficient (Wildman–Crippen LogP) is 17.6. The molecule has 6 heteroatoms. The fourth-order valence-corrected chi connectivity index (χ4v) is 8.35. The molecule has 0 aromatic heterocycles. The summed E-state index contributed by atoms with van der Waals surface area (Å²) in [4.78, 5) is 24.5. The van der Waals surface area contributed by atoms with Crippen LogP contribution in [0.2, 0.25) is 0 Å². The first-order valence-electron chi connectivity index (χ1n) is 28.6. The Morgan fingerprint density at radius 2 is 0.818 bits per heavy atom. The Labute approximate surface area is 409 Å². The van der Waals surface area contributed by atoms with Crippen LogP contribution in [0.25, 0.3) is 0 Å². The van der Waals surface area contributed by atoms with Gasteiger partial charge < -0.3 is 20.3 Å². The van der Waals surface area contributed by atoms with E-state index in [2.05, 4.69) is 67.8 Å². The van der Waals surface area contributed by atoms with Crippen molar-refractivity contribution in [3.05, 3.63) is 60.8 Å². The van der Waals surface area contributed by atoms with Gasteiger partial charge in [-0.25, -0.2) is 0 Å². The van der Waals surface area contributed by atoms with Gasteiger partial charge in [0.2, 0.25) is 5.91 Å². The highest BCUT2D eigenvalue weighted by atomic mass is 16.5. The number of allylic oxidation sites excluding steroid dienone is 9. The zero-order valence-electron chi connectivity index (χ0n) is 43.7. The highest BCUT2D eigenvalue weighted by Crippen LogP contribution is 2.16. The van der Waals surface area contributed by atoms with Gasteiger partial charge in [-0.05, 0) is 89.9 Å². The molecule has 0 saturated heterocycles. The summed E-state index contributed by atoms with van der Waals surface area (Å²) >= 11 is 0. The highest BCUT2D eigenvalue weighted by molar-refractivity contribution is 5.76. The minimum Gasteiger partial charge on any atom is -0.466 e. The second kappa shape index (κ2) is 55.2. The van der Waals surface area contributed by atoms with Crippen molar-refractivity contribution < 1.29 is 24.5 Å². The molecule has 0 aliphatic carbocycles. The lowest BCUT2D eigenvalue weighted by atomic mass is 10.0. The van der Waals surface area contributed by atoms with E-state index in [1.165, 1.54) is 167 Å². The molecule has 0 aliphatic heterocycles. The van der Waals surface area contributed by atoms with E-state index in [0.717, 1.165) is 89.9 Å². The second-order valence-corrected chi connectivity index (χ2v) is 19.3. The fraction of sp³-hybridized carbons (Fsp3) is 0.800. The largest absolute Gasteiger partial charge is 0.466 e. The van der Waals surface area contributed by atoms with Gasteiger partial charge in [0.25, 0.3) is 0 Å². The molecule has 0 spiro atoms. The summed E-state index contributed by atoms with van der Waals surface area (Å²) < 4.78 is 5.43. The monoisotopic (exact) mass is 924 g/mol. The van der Waals surface area contributed by atoms with Crippen LogP contribution in [0, 0.1) is 0 Å². The number of nitrogens with one attached hydrogen (secondary N) is 1. The van der Waals surface area contributed by atoms with Crippen molar-refractivity contribution in [2.24, 2.45) is 0 Å². The number of ether oxygens (including phenoxy) is 1. The highest BCUT2D eigenvalue weighted by Gasteiger charge is 2.18. The maximum atomic E-state index is 12.5. The number of carbonyl (C=O) groups excluding carboxylic acids is 2. The molecule has 0 aromatic rings. The van der Waals surface area contributed by atoms with Gasteiger partial charge in [-0.2, -0.15) is 0 Å². The summed E-state index contributed by atoms with van der Waals surface area (Å²) in [6.07, 6.45) is 70.9. The number of hydrogen-bond donors (Lipinski definition) is 3. The van der Waals surface area contributed by atoms with Crippen molar-refractivity contribution in [3.63, 3.8) is 0 Å². The molecule has 1 amide bonds. The topological polar surface area (TPSA) is 95.9 Å². The zero-order chi connectivity index (χ0) is 47.9. The summed E-state index contributed by atoms with van der Waals surface area (Å²) in [5.41, 5.74) is 0. The van der Waals surface area contributed by atoms with Crippen LogP contribution in [-0.4, -0.2) is 47.4 Å². The summed E-state index contributed by atoms with van der Waals surface area (Å²) in [6.45, 7) is 4.80. The van der Waals surface area contributed by atoms with E-state index >= 15 is 0 Å². The van der Waals surface area contributed by atoms with Crippen molar-refractivity contribution in [1.82, 2.24) is 5.32 Å². The average molecular weight is 925 g/mol. The number of carbonyl (C=O) groups is 2. The van der Waals surface area contributed by atoms with Crippen molar-refractivity contribution in [1.29, 1.82) is 0 Å². The van der Waals surface area contributed by atoms with E-state index in [1.807, 2.05) is 6.08 Å². The molecule has 0 rings (SSSR count). The molecule has 2 atom stereocenters. The molecule has 66 heavy (non-hydrogen) atoms. The van der Waals surface area contributed by atoms with E-state index in [1.54, 1.807) is 6.08 Å². The number of rotatable bonds is 52. The Hall–Kier alpha value is -2.44. The minimum absolute atomic E-state index is 0.0381. The lowest BCUT2D eigenvalue weighted by Gasteiger charge is -2.20. The first kappa shape index (κ1) is 63.6. The van der Waals surface area contributed by atoms with Crippen LogP contribution in [0.15, 0.2) is 60.8 Å². The number of unbranched alkanes of at least 4 members (excludes halogenated alkanes) is 34. The molecule has 0 saturated carbocycles. The van der Waals surface area contributed by atoms with Crippen molar-refractivity contribution in [2.45, 2.75) is 296 Å². The van der Waals surface area contributed by atoms with E-state index < -0.39 is 12.1 Å². The van der Waals surface area contributed by atoms with Gasteiger partial charge in [-0.1, -0.05) is 242 Å². The van der Waals surface area contributed by atoms with Crippen LogP contribution in [0.3, 0.4) is 0 Å². The van der Waals surface area contributed by atoms with E-state index in [0.29, 0.717) is 19.4 Å². The molecule has 0 radical (unpaired) electrons. The minimum atomic E-state index is -0.861. The molecule has 384 valence electrons. The second-order valence-electron chi connectivity index (χ2n) is 19.3. The number of aliphatic hydroxyl groups excluding tert-OH is 2. The number of amides is 1. The average Bonchev–Trinajstić information content (AvgIpc) is 3.32. The maximum Gasteiger partial charge on any atom is 0.305 e. The van der Waals surface area contributed by atoms with Crippen molar-refractivity contribution in [3.8, 4) is 0 Å². The lowest BCUT2D eigenvalue weighted by molar-refractivity contribution is -0.143. The smallest absolute Gasteiger partial charge is 0.305 e. The summed E-state index contributed by atoms with van der Waals surface area (Å²) in [7, 11) is 0. The molecule has 2 unspecified atom stereocenters. The molecule has 0 fully saturated rings. The van der Waals surface area contributed by atoms with Gasteiger partial charge in [0.1, 0.15) is 0 Å². The van der Waals surface area contributed by atoms with Crippen LogP contribution in [0.4, 0.5) is 0 Å². The third-order valence-electron chi connectivity index (χ3n) is 12.8. The molecule has 3 N–H and O–H groups in total. The Balaban J connectivity index is 3.57. The third-order valence-corrected chi connectivity index (χ3v) is 12.8. The lowest BCUT2D eigenvalue weighted by Crippen LogP contribution is -2.45. The molecule has 0 heterocycles. The van der Waals surface area contributed by atoms with Crippen molar-refractivity contribution in [2.75, 3.05) is 13.2 Å². The third kappa shape index (κ3) is 51.0. The van der Waals surface area contributed by atoms with Crippen LogP contribution in [0.5, 0.6) is 0 Å².